The molecule has 8 heteroatoms. The summed E-state index contributed by atoms with van der Waals surface area (Å²) in [6, 6.07) is 12.6. The second-order valence-electron chi connectivity index (χ2n) is 6.28. The number of hydrogen-bond donors (Lipinski definition) is 3. The minimum Gasteiger partial charge on any atom is -0.475 e. The zero-order valence-corrected chi connectivity index (χ0v) is 15.6. The van der Waals surface area contributed by atoms with Crippen LogP contribution in [0, 0.1) is 20.8 Å². The highest BCUT2D eigenvalue weighted by molar-refractivity contribution is 5.80. The van der Waals surface area contributed by atoms with Crippen LogP contribution in [0.4, 0.5) is 18.9 Å². The molecule has 0 bridgehead atoms. The zero-order valence-electron chi connectivity index (χ0n) is 15.6. The van der Waals surface area contributed by atoms with Gasteiger partial charge in [-0.1, -0.05) is 24.3 Å². The quantitative estimate of drug-likeness (QED) is 0.543. The van der Waals surface area contributed by atoms with Crippen LogP contribution in [0.2, 0.25) is 0 Å². The van der Waals surface area contributed by atoms with Crippen LogP contribution in [0.15, 0.2) is 42.6 Å². The Morgan fingerprint density at radius 2 is 1.68 bits per heavy atom. The SMILES string of the molecule is Cc1cc(C)c(-c2cccc(-c3ccn[nH]3)c2)c(C)c1N.O=C(O)C(F)(F)F. The number of alkyl halides is 3. The number of aliphatic carboxylic acids is 1. The predicted octanol–water partition coefficient (Wildman–Crippen LogP) is 4.88. The molecule has 148 valence electrons. The second kappa shape index (κ2) is 8.16. The molecule has 4 N–H and O–H groups in total. The molecular weight excluding hydrogens is 371 g/mol. The average Bonchev–Trinajstić information content (AvgIpc) is 3.14. The number of carboxylic acid groups (broad SMARTS) is 1. The van der Waals surface area contributed by atoms with Gasteiger partial charge in [0.05, 0.1) is 5.69 Å². The van der Waals surface area contributed by atoms with E-state index in [9.17, 15) is 13.2 Å². The smallest absolute Gasteiger partial charge is 0.475 e. The number of halogens is 3. The fourth-order valence-corrected chi connectivity index (χ4v) is 2.90. The van der Waals surface area contributed by atoms with Gasteiger partial charge in [-0.2, -0.15) is 18.3 Å². The molecule has 0 aliphatic rings. The van der Waals surface area contributed by atoms with Gasteiger partial charge in [-0.3, -0.25) is 5.10 Å². The minimum absolute atomic E-state index is 0.877. The van der Waals surface area contributed by atoms with E-state index in [1.807, 2.05) is 6.07 Å². The van der Waals surface area contributed by atoms with Crippen LogP contribution in [-0.4, -0.2) is 27.4 Å². The first-order valence-corrected chi connectivity index (χ1v) is 8.29. The number of nitrogen functional groups attached to an aromatic ring is 1. The summed E-state index contributed by atoms with van der Waals surface area (Å²) in [5.41, 5.74) is 15.2. The van der Waals surface area contributed by atoms with E-state index in [4.69, 9.17) is 15.6 Å². The summed E-state index contributed by atoms with van der Waals surface area (Å²) in [7, 11) is 0. The molecule has 1 aromatic heterocycles. The van der Waals surface area contributed by atoms with Crippen molar-refractivity contribution in [2.75, 3.05) is 5.73 Å². The molecule has 28 heavy (non-hydrogen) atoms. The first kappa shape index (κ1) is 21.0. The van der Waals surface area contributed by atoms with Gasteiger partial charge in [0.25, 0.3) is 0 Å². The lowest BCUT2D eigenvalue weighted by Gasteiger charge is -2.15. The molecule has 0 radical (unpaired) electrons. The number of rotatable bonds is 2. The van der Waals surface area contributed by atoms with E-state index >= 15 is 0 Å². The Bertz CT molecular complexity index is 981. The summed E-state index contributed by atoms with van der Waals surface area (Å²) in [4.78, 5) is 8.90. The van der Waals surface area contributed by atoms with Crippen LogP contribution in [0.5, 0.6) is 0 Å². The predicted molar refractivity (Wildman–Crippen MR) is 102 cm³/mol. The number of anilines is 1. The van der Waals surface area contributed by atoms with Crippen molar-refractivity contribution in [2.24, 2.45) is 0 Å². The van der Waals surface area contributed by atoms with E-state index in [0.29, 0.717) is 0 Å². The summed E-state index contributed by atoms with van der Waals surface area (Å²) in [6.07, 6.45) is -3.32. The van der Waals surface area contributed by atoms with Crippen LogP contribution in [0.25, 0.3) is 22.4 Å². The second-order valence-corrected chi connectivity index (χ2v) is 6.28. The van der Waals surface area contributed by atoms with Crippen molar-refractivity contribution < 1.29 is 23.1 Å². The summed E-state index contributed by atoms with van der Waals surface area (Å²) in [5, 5.41) is 14.1. The lowest BCUT2D eigenvalue weighted by molar-refractivity contribution is -0.192. The number of carboxylic acids is 1. The molecule has 0 amide bonds. The number of hydrogen-bond acceptors (Lipinski definition) is 3. The number of aromatic amines is 1. The monoisotopic (exact) mass is 391 g/mol. The largest absolute Gasteiger partial charge is 0.490 e. The Labute approximate surface area is 160 Å². The van der Waals surface area contributed by atoms with Crippen molar-refractivity contribution in [1.29, 1.82) is 0 Å². The highest BCUT2D eigenvalue weighted by Gasteiger charge is 2.38. The molecular formula is C20H20F3N3O2. The van der Waals surface area contributed by atoms with E-state index in [1.54, 1.807) is 6.20 Å². The summed E-state index contributed by atoms with van der Waals surface area (Å²) in [6.45, 7) is 6.28. The molecule has 0 unspecified atom stereocenters. The highest BCUT2D eigenvalue weighted by Crippen LogP contribution is 2.34. The van der Waals surface area contributed by atoms with E-state index in [0.717, 1.165) is 28.1 Å². The maximum absolute atomic E-state index is 10.6. The molecule has 0 fully saturated rings. The van der Waals surface area contributed by atoms with Gasteiger partial charge in [-0.15, -0.1) is 0 Å². The van der Waals surface area contributed by atoms with Gasteiger partial charge < -0.3 is 10.8 Å². The summed E-state index contributed by atoms with van der Waals surface area (Å²) >= 11 is 0. The molecule has 0 saturated heterocycles. The molecule has 3 rings (SSSR count). The molecule has 0 aliphatic heterocycles. The van der Waals surface area contributed by atoms with Crippen LogP contribution in [0.3, 0.4) is 0 Å². The Kier molecular flexibility index (Phi) is 6.12. The third-order valence-electron chi connectivity index (χ3n) is 4.24. The van der Waals surface area contributed by atoms with Crippen molar-refractivity contribution in [3.05, 3.63) is 59.3 Å². The van der Waals surface area contributed by atoms with Gasteiger partial charge in [0, 0.05) is 17.4 Å². The molecule has 0 spiro atoms. The Morgan fingerprint density at radius 3 is 2.21 bits per heavy atom. The molecule has 5 nitrogen and oxygen atoms in total. The maximum atomic E-state index is 10.6. The maximum Gasteiger partial charge on any atom is 0.490 e. The van der Waals surface area contributed by atoms with Crippen molar-refractivity contribution in [3.8, 4) is 22.4 Å². The van der Waals surface area contributed by atoms with Gasteiger partial charge >= 0.3 is 12.1 Å². The fourth-order valence-electron chi connectivity index (χ4n) is 2.90. The van der Waals surface area contributed by atoms with E-state index < -0.39 is 12.1 Å². The topological polar surface area (TPSA) is 92.0 Å². The standard InChI is InChI=1S/C18H19N3.C2HF3O2/c1-11-9-12(2)18(19)13(3)17(11)15-6-4-5-14(10-15)16-7-8-20-21-16;3-2(4,5)1(6)7/h4-10H,19H2,1-3H3,(H,20,21);(H,6,7). The van der Waals surface area contributed by atoms with Gasteiger partial charge in [-0.05, 0) is 60.7 Å². The molecule has 0 aliphatic carbocycles. The average molecular weight is 391 g/mol. The third-order valence-corrected chi connectivity index (χ3v) is 4.24. The number of nitrogens with one attached hydrogen (secondary N) is 1. The molecule has 1 heterocycles. The van der Waals surface area contributed by atoms with Crippen molar-refractivity contribution in [3.63, 3.8) is 0 Å². The first-order valence-electron chi connectivity index (χ1n) is 8.29. The molecule has 0 saturated carbocycles. The zero-order chi connectivity index (χ0) is 21.1. The van der Waals surface area contributed by atoms with Crippen molar-refractivity contribution in [1.82, 2.24) is 10.2 Å². The van der Waals surface area contributed by atoms with E-state index in [1.165, 1.54) is 16.7 Å². The van der Waals surface area contributed by atoms with Crippen molar-refractivity contribution >= 4 is 11.7 Å². The van der Waals surface area contributed by atoms with E-state index in [2.05, 4.69) is 61.3 Å². The van der Waals surface area contributed by atoms with Gasteiger partial charge in [0.2, 0.25) is 0 Å². The number of nitrogens with zero attached hydrogens (tertiary/aromatic N) is 1. The minimum atomic E-state index is -5.08. The molecule has 3 aromatic rings. The van der Waals surface area contributed by atoms with E-state index in [-0.39, 0.29) is 0 Å². The Hall–Kier alpha value is -3.29. The number of benzene rings is 2. The number of nitrogens with two attached hydrogens (primary N) is 1. The van der Waals surface area contributed by atoms with Gasteiger partial charge in [0.15, 0.2) is 0 Å². The molecule has 0 atom stereocenters. The normalized spacial score (nSPS) is 10.9. The van der Waals surface area contributed by atoms with Crippen LogP contribution in [0.1, 0.15) is 16.7 Å². The lowest BCUT2D eigenvalue weighted by Crippen LogP contribution is -2.21. The lowest BCUT2D eigenvalue weighted by atomic mass is 9.91. The first-order chi connectivity index (χ1) is 13.0. The van der Waals surface area contributed by atoms with Crippen LogP contribution >= 0.6 is 0 Å². The molecule has 2 aromatic carbocycles. The van der Waals surface area contributed by atoms with Gasteiger partial charge in [0.1, 0.15) is 0 Å². The van der Waals surface area contributed by atoms with Crippen LogP contribution < -0.4 is 5.73 Å². The third kappa shape index (κ3) is 4.70. The Balaban J connectivity index is 0.000000345. The Morgan fingerprint density at radius 1 is 1.07 bits per heavy atom. The fraction of sp³-hybridized carbons (Fsp3) is 0.200. The number of carbonyl (C=O) groups is 1. The highest BCUT2D eigenvalue weighted by atomic mass is 19.4. The summed E-state index contributed by atoms with van der Waals surface area (Å²) < 4.78 is 31.7. The number of aryl methyl sites for hydroxylation is 2. The number of H-pyrrole nitrogens is 1. The number of aromatic nitrogens is 2. The van der Waals surface area contributed by atoms with Gasteiger partial charge in [-0.25, -0.2) is 4.79 Å². The summed E-state index contributed by atoms with van der Waals surface area (Å²) in [5.74, 6) is -2.76. The van der Waals surface area contributed by atoms with Crippen molar-refractivity contribution in [2.45, 2.75) is 26.9 Å². The van der Waals surface area contributed by atoms with Crippen LogP contribution in [-0.2, 0) is 4.79 Å².